The van der Waals surface area contributed by atoms with E-state index < -0.39 is 48.5 Å². The van der Waals surface area contributed by atoms with E-state index >= 15 is 0 Å². The van der Waals surface area contributed by atoms with E-state index in [9.17, 15) is 18.6 Å². The average Bonchev–Trinajstić information content (AvgIpc) is 2.96. The Labute approximate surface area is 177 Å². The Kier molecular flexibility index (Phi) is 8.77. The lowest BCUT2D eigenvalue weighted by atomic mass is 9.96. The van der Waals surface area contributed by atoms with E-state index in [4.69, 9.17) is 35.1 Å². The molecule has 6 atom stereocenters. The van der Waals surface area contributed by atoms with E-state index in [0.717, 1.165) is 0 Å². The van der Waals surface area contributed by atoms with Gasteiger partial charge in [0.15, 0.2) is 0 Å². The molecule has 0 aromatic heterocycles. The molecule has 1 heterocycles. The van der Waals surface area contributed by atoms with Crippen molar-refractivity contribution in [3.05, 3.63) is 35.4 Å². The van der Waals surface area contributed by atoms with Crippen LogP contribution in [0.2, 0.25) is 0 Å². The minimum atomic E-state index is -5.61. The molecule has 2 rings (SSSR count). The molecule has 6 unspecified atom stereocenters. The SMILES string of the molecule is BC1CC(OC(N)c2ccc(C#N)cc2)C(COP(=O)(O)OP(=O)(O)OP(=O)(O)O)O1. The van der Waals surface area contributed by atoms with Gasteiger partial charge in [0.25, 0.3) is 0 Å². The van der Waals surface area contributed by atoms with Crippen molar-refractivity contribution in [1.29, 1.82) is 5.26 Å². The first-order valence-corrected chi connectivity index (χ1v) is 13.1. The molecule has 6 N–H and O–H groups in total. The highest BCUT2D eigenvalue weighted by Crippen LogP contribution is 2.66. The fraction of sp³-hybridized carbons (Fsp3) is 0.462. The topological polar surface area (TPSA) is 228 Å². The van der Waals surface area contributed by atoms with Crippen molar-refractivity contribution in [2.75, 3.05) is 6.61 Å². The second-order valence-corrected chi connectivity index (χ2v) is 10.9. The van der Waals surface area contributed by atoms with Crippen LogP contribution in [0.3, 0.4) is 0 Å². The van der Waals surface area contributed by atoms with Gasteiger partial charge in [-0.25, -0.2) is 13.7 Å². The molecule has 1 saturated heterocycles. The summed E-state index contributed by atoms with van der Waals surface area (Å²) in [6.07, 6.45) is -2.20. The molecule has 14 nitrogen and oxygen atoms in total. The fourth-order valence-corrected chi connectivity index (χ4v) is 5.73. The maximum Gasteiger partial charge on any atom is 0.490 e. The maximum absolute atomic E-state index is 11.9. The van der Waals surface area contributed by atoms with Crippen LogP contribution < -0.4 is 5.73 Å². The maximum atomic E-state index is 11.9. The van der Waals surface area contributed by atoms with Crippen LogP contribution >= 0.6 is 23.5 Å². The molecule has 1 aliphatic heterocycles. The minimum Gasteiger partial charge on any atom is -0.379 e. The number of nitrogens with zero attached hydrogens (tertiary/aromatic N) is 1. The summed E-state index contributed by atoms with van der Waals surface area (Å²) in [7, 11) is -14.7. The number of nitrogens with two attached hydrogens (primary N) is 1. The van der Waals surface area contributed by atoms with Gasteiger partial charge in [0.2, 0.25) is 0 Å². The summed E-state index contributed by atoms with van der Waals surface area (Å²) < 4.78 is 57.0. The van der Waals surface area contributed by atoms with Crippen LogP contribution in [0, 0.1) is 11.3 Å². The molecular weight excluding hydrogens is 480 g/mol. The second-order valence-electron chi connectivity index (χ2n) is 6.44. The third-order valence-electron chi connectivity index (χ3n) is 3.89. The Morgan fingerprint density at radius 3 is 2.32 bits per heavy atom. The van der Waals surface area contributed by atoms with Gasteiger partial charge in [-0.05, 0) is 24.1 Å². The molecule has 0 amide bonds. The van der Waals surface area contributed by atoms with Crippen molar-refractivity contribution >= 4 is 31.3 Å². The lowest BCUT2D eigenvalue weighted by Gasteiger charge is -2.24. The number of phosphoric acid groups is 3. The van der Waals surface area contributed by atoms with E-state index in [-0.39, 0.29) is 6.00 Å². The van der Waals surface area contributed by atoms with E-state index in [1.54, 1.807) is 32.1 Å². The molecule has 172 valence electrons. The molecule has 1 aromatic carbocycles. The van der Waals surface area contributed by atoms with Crippen molar-refractivity contribution in [3.63, 3.8) is 0 Å². The second kappa shape index (κ2) is 10.3. The molecule has 31 heavy (non-hydrogen) atoms. The molecule has 0 aliphatic carbocycles. The zero-order valence-electron chi connectivity index (χ0n) is 16.0. The van der Waals surface area contributed by atoms with Gasteiger partial charge in [-0.1, -0.05) is 12.1 Å². The smallest absolute Gasteiger partial charge is 0.379 e. The summed E-state index contributed by atoms with van der Waals surface area (Å²) in [6.45, 7) is -0.640. The third kappa shape index (κ3) is 8.84. The Morgan fingerprint density at radius 1 is 1.16 bits per heavy atom. The lowest BCUT2D eigenvalue weighted by molar-refractivity contribution is -0.0672. The summed E-state index contributed by atoms with van der Waals surface area (Å²) in [5.41, 5.74) is 7.00. The van der Waals surface area contributed by atoms with Crippen LogP contribution in [-0.4, -0.2) is 52.2 Å². The highest BCUT2D eigenvalue weighted by atomic mass is 31.3. The Hall–Kier alpha value is -0.935. The van der Waals surface area contributed by atoms with Gasteiger partial charge < -0.3 is 34.8 Å². The highest BCUT2D eigenvalue weighted by molar-refractivity contribution is 7.66. The number of rotatable bonds is 10. The van der Waals surface area contributed by atoms with Crippen molar-refractivity contribution in [1.82, 2.24) is 0 Å². The van der Waals surface area contributed by atoms with Crippen LogP contribution in [0.25, 0.3) is 0 Å². The van der Waals surface area contributed by atoms with Gasteiger partial charge in [0.05, 0.1) is 24.3 Å². The molecule has 1 aliphatic rings. The van der Waals surface area contributed by atoms with E-state index in [2.05, 4.69) is 13.1 Å². The first-order valence-electron chi connectivity index (χ1n) is 8.54. The first-order chi connectivity index (χ1) is 14.2. The standard InChI is InChI=1S/C13H20BN2O12P3/c14-12-5-10(26-13(16)9-3-1-8(6-15)2-4-9)11(25-12)7-24-30(20,21)28-31(22,23)27-29(17,18)19/h1-4,10-13H,5,7,14,16H2,(H,20,21)(H,22,23)(H2,17,18,19). The summed E-state index contributed by atoms with van der Waals surface area (Å²) in [5, 5.41) is 8.84. The Balaban J connectivity index is 1.97. The summed E-state index contributed by atoms with van der Waals surface area (Å²) in [5.74, 6) is 0. The zero-order chi connectivity index (χ0) is 23.4. The van der Waals surface area contributed by atoms with E-state index in [1.165, 1.54) is 0 Å². The van der Waals surface area contributed by atoms with Crippen molar-refractivity contribution in [3.8, 4) is 6.07 Å². The van der Waals surface area contributed by atoms with Crippen molar-refractivity contribution in [2.45, 2.75) is 30.9 Å². The predicted molar refractivity (Wildman–Crippen MR) is 105 cm³/mol. The summed E-state index contributed by atoms with van der Waals surface area (Å²) in [4.78, 5) is 35.8. The number of ether oxygens (including phenoxy) is 2. The largest absolute Gasteiger partial charge is 0.490 e. The van der Waals surface area contributed by atoms with Crippen LogP contribution in [0.15, 0.2) is 24.3 Å². The van der Waals surface area contributed by atoms with Gasteiger partial charge >= 0.3 is 23.5 Å². The molecule has 0 spiro atoms. The molecule has 0 radical (unpaired) electrons. The van der Waals surface area contributed by atoms with Crippen molar-refractivity contribution in [2.24, 2.45) is 5.73 Å². The molecule has 18 heteroatoms. The van der Waals surface area contributed by atoms with E-state index in [0.29, 0.717) is 17.5 Å². The predicted octanol–water partition coefficient (Wildman–Crippen LogP) is -0.00782. The van der Waals surface area contributed by atoms with Gasteiger partial charge in [-0.15, -0.1) is 0 Å². The molecule has 1 fully saturated rings. The zero-order valence-corrected chi connectivity index (χ0v) is 18.6. The quantitative estimate of drug-likeness (QED) is 0.162. The molecular formula is C13H20BN2O12P3. The Morgan fingerprint density at radius 2 is 1.77 bits per heavy atom. The normalized spacial score (nSPS) is 26.5. The number of benzene rings is 1. The Bertz CT molecular complexity index is 950. The van der Waals surface area contributed by atoms with Gasteiger partial charge in [0, 0.05) is 6.00 Å². The van der Waals surface area contributed by atoms with Crippen LogP contribution in [-0.2, 0) is 36.3 Å². The van der Waals surface area contributed by atoms with Gasteiger partial charge in [0.1, 0.15) is 20.2 Å². The van der Waals surface area contributed by atoms with Crippen LogP contribution in [0.4, 0.5) is 0 Å². The fourth-order valence-electron chi connectivity index (χ4n) is 2.70. The summed E-state index contributed by atoms with van der Waals surface area (Å²) >= 11 is 0. The van der Waals surface area contributed by atoms with Gasteiger partial charge in [-0.3, -0.25) is 4.52 Å². The minimum absolute atomic E-state index is 0.340. The number of hydrogen-bond acceptors (Lipinski definition) is 10. The number of phosphoric ester groups is 1. The van der Waals surface area contributed by atoms with E-state index in [1.807, 2.05) is 6.07 Å². The monoisotopic (exact) mass is 500 g/mol. The number of nitriles is 1. The molecule has 0 bridgehead atoms. The first kappa shape index (κ1) is 26.3. The molecule has 1 aromatic rings. The third-order valence-corrected chi connectivity index (χ3v) is 7.70. The molecule has 0 saturated carbocycles. The van der Waals surface area contributed by atoms with Crippen LogP contribution in [0.1, 0.15) is 23.8 Å². The van der Waals surface area contributed by atoms with Crippen molar-refractivity contribution < 1.29 is 55.9 Å². The summed E-state index contributed by atoms with van der Waals surface area (Å²) in [6, 6.07) is 7.94. The average molecular weight is 500 g/mol. The highest BCUT2D eigenvalue weighted by Gasteiger charge is 2.42. The lowest BCUT2D eigenvalue weighted by Crippen LogP contribution is -2.32. The number of hydrogen-bond donors (Lipinski definition) is 5. The van der Waals surface area contributed by atoms with Gasteiger partial charge in [-0.2, -0.15) is 13.9 Å². The van der Waals surface area contributed by atoms with Crippen LogP contribution in [0.5, 0.6) is 0 Å².